The number of hydrogen-bond donors (Lipinski definition) is 0. The van der Waals surface area contributed by atoms with Gasteiger partial charge in [0.25, 0.3) is 0 Å². The largest absolute Gasteiger partial charge is 0.377 e. The molecule has 0 aliphatic carbocycles. The van der Waals surface area contributed by atoms with Crippen LogP contribution >= 0.6 is 0 Å². The number of anilines is 1. The maximum Gasteiger partial charge on any atom is 0.0393 e. The molecule has 2 aromatic carbocycles. The zero-order valence-corrected chi connectivity index (χ0v) is 10.8. The van der Waals surface area contributed by atoms with E-state index in [9.17, 15) is 0 Å². The molecule has 2 aromatic rings. The first kappa shape index (κ1) is 11.7. The summed E-state index contributed by atoms with van der Waals surface area (Å²) in [6, 6.07) is 17.2. The van der Waals surface area contributed by atoms with Crippen molar-refractivity contribution in [1.29, 1.82) is 0 Å². The van der Waals surface area contributed by atoms with Crippen LogP contribution in [0.2, 0.25) is 0 Å². The van der Waals surface area contributed by atoms with E-state index in [1.807, 2.05) is 0 Å². The second-order valence-corrected chi connectivity index (χ2v) is 4.46. The highest BCUT2D eigenvalue weighted by atomic mass is 15.1. The summed E-state index contributed by atoms with van der Waals surface area (Å²) in [7, 11) is 4.19. The Morgan fingerprint density at radius 3 is 2.18 bits per heavy atom. The summed E-state index contributed by atoms with van der Waals surface area (Å²) in [5.74, 6) is 0. The van der Waals surface area contributed by atoms with Crippen LogP contribution in [-0.4, -0.2) is 14.1 Å². The minimum atomic E-state index is 1.06. The van der Waals surface area contributed by atoms with E-state index in [0.29, 0.717) is 0 Å². The lowest BCUT2D eigenvalue weighted by Gasteiger charge is -2.18. The summed E-state index contributed by atoms with van der Waals surface area (Å²) in [4.78, 5) is 2.17. The molecule has 0 aliphatic heterocycles. The summed E-state index contributed by atoms with van der Waals surface area (Å²) in [5, 5.41) is 0. The van der Waals surface area contributed by atoms with E-state index >= 15 is 0 Å². The van der Waals surface area contributed by atoms with Gasteiger partial charge in [-0.2, -0.15) is 0 Å². The molecule has 0 fully saturated rings. The highest BCUT2D eigenvalue weighted by Gasteiger charge is 2.05. The van der Waals surface area contributed by atoms with Crippen LogP contribution in [0.1, 0.15) is 12.5 Å². The summed E-state index contributed by atoms with van der Waals surface area (Å²) in [6.45, 7) is 2.21. The Balaban J connectivity index is 2.45. The van der Waals surface area contributed by atoms with Crippen LogP contribution in [0.3, 0.4) is 0 Å². The minimum absolute atomic E-state index is 1.06. The Labute approximate surface area is 104 Å². The van der Waals surface area contributed by atoms with Crippen LogP contribution < -0.4 is 4.90 Å². The molecule has 0 atom stereocenters. The summed E-state index contributed by atoms with van der Waals surface area (Å²) < 4.78 is 0. The molecule has 2 rings (SSSR count). The lowest BCUT2D eigenvalue weighted by atomic mass is 10.0. The van der Waals surface area contributed by atoms with E-state index in [2.05, 4.69) is 74.4 Å². The Hall–Kier alpha value is -1.76. The number of aryl methyl sites for hydroxylation is 1. The highest BCUT2D eigenvalue weighted by Crippen LogP contribution is 2.26. The van der Waals surface area contributed by atoms with Crippen LogP contribution in [0.4, 0.5) is 5.69 Å². The van der Waals surface area contributed by atoms with Crippen LogP contribution in [-0.2, 0) is 6.42 Å². The van der Waals surface area contributed by atoms with Gasteiger partial charge in [0, 0.05) is 19.8 Å². The third-order valence-corrected chi connectivity index (χ3v) is 3.05. The van der Waals surface area contributed by atoms with Gasteiger partial charge in [-0.05, 0) is 35.2 Å². The molecule has 0 bridgehead atoms. The predicted octanol–water partition coefficient (Wildman–Crippen LogP) is 3.98. The van der Waals surface area contributed by atoms with Crippen molar-refractivity contribution in [2.45, 2.75) is 13.3 Å². The van der Waals surface area contributed by atoms with E-state index in [0.717, 1.165) is 6.42 Å². The van der Waals surface area contributed by atoms with E-state index in [1.54, 1.807) is 0 Å². The minimum Gasteiger partial charge on any atom is -0.377 e. The van der Waals surface area contributed by atoms with Crippen molar-refractivity contribution in [3.8, 4) is 11.1 Å². The number of benzene rings is 2. The van der Waals surface area contributed by atoms with Crippen molar-refractivity contribution in [2.24, 2.45) is 0 Å². The first-order valence-electron chi connectivity index (χ1n) is 6.08. The molecule has 0 unspecified atom stereocenters. The zero-order chi connectivity index (χ0) is 12.3. The van der Waals surface area contributed by atoms with Gasteiger partial charge in [0.15, 0.2) is 0 Å². The highest BCUT2D eigenvalue weighted by molar-refractivity contribution is 5.68. The van der Waals surface area contributed by atoms with Crippen LogP contribution in [0.25, 0.3) is 11.1 Å². The zero-order valence-electron chi connectivity index (χ0n) is 10.8. The van der Waals surface area contributed by atoms with Crippen molar-refractivity contribution in [1.82, 2.24) is 0 Å². The average Bonchev–Trinajstić information content (AvgIpc) is 2.39. The Bertz CT molecular complexity index is 486. The lowest BCUT2D eigenvalue weighted by Crippen LogP contribution is -2.10. The fourth-order valence-electron chi connectivity index (χ4n) is 2.12. The number of rotatable bonds is 3. The Morgan fingerprint density at radius 2 is 1.59 bits per heavy atom. The van der Waals surface area contributed by atoms with E-state index in [1.165, 1.54) is 22.4 Å². The summed E-state index contributed by atoms with van der Waals surface area (Å²) in [5.41, 5.74) is 5.30. The van der Waals surface area contributed by atoms with E-state index < -0.39 is 0 Å². The van der Waals surface area contributed by atoms with Crippen LogP contribution in [0.5, 0.6) is 0 Å². The molecule has 17 heavy (non-hydrogen) atoms. The Kier molecular flexibility index (Phi) is 3.48. The smallest absolute Gasteiger partial charge is 0.0393 e. The maximum absolute atomic E-state index is 2.30. The maximum atomic E-state index is 2.30. The quantitative estimate of drug-likeness (QED) is 0.763. The molecular formula is C16H19N. The van der Waals surface area contributed by atoms with Crippen molar-refractivity contribution < 1.29 is 0 Å². The fraction of sp³-hybridized carbons (Fsp3) is 0.250. The molecule has 0 amide bonds. The van der Waals surface area contributed by atoms with Crippen molar-refractivity contribution in [2.75, 3.05) is 19.0 Å². The van der Waals surface area contributed by atoms with Gasteiger partial charge in [-0.25, -0.2) is 0 Å². The van der Waals surface area contributed by atoms with Gasteiger partial charge in [0.1, 0.15) is 0 Å². The van der Waals surface area contributed by atoms with Gasteiger partial charge in [-0.15, -0.1) is 0 Å². The molecule has 0 heterocycles. The second kappa shape index (κ2) is 5.05. The summed E-state index contributed by atoms with van der Waals surface area (Å²) in [6.07, 6.45) is 1.06. The molecule has 0 saturated carbocycles. The summed E-state index contributed by atoms with van der Waals surface area (Å²) >= 11 is 0. The van der Waals surface area contributed by atoms with Crippen molar-refractivity contribution in [3.05, 3.63) is 54.1 Å². The van der Waals surface area contributed by atoms with Gasteiger partial charge < -0.3 is 4.90 Å². The molecule has 0 radical (unpaired) electrons. The predicted molar refractivity (Wildman–Crippen MR) is 75.6 cm³/mol. The fourth-order valence-corrected chi connectivity index (χ4v) is 2.12. The molecule has 0 aromatic heterocycles. The molecular weight excluding hydrogens is 206 g/mol. The molecule has 0 spiro atoms. The molecule has 0 aliphatic rings. The number of nitrogens with zero attached hydrogens (tertiary/aromatic N) is 1. The molecule has 88 valence electrons. The molecule has 0 saturated heterocycles. The lowest BCUT2D eigenvalue weighted by molar-refractivity contribution is 1.06. The first-order chi connectivity index (χ1) is 8.22. The Morgan fingerprint density at radius 1 is 0.882 bits per heavy atom. The topological polar surface area (TPSA) is 3.24 Å². The van der Waals surface area contributed by atoms with Gasteiger partial charge in [-0.1, -0.05) is 43.3 Å². The first-order valence-corrected chi connectivity index (χ1v) is 6.08. The monoisotopic (exact) mass is 225 g/mol. The van der Waals surface area contributed by atoms with Crippen molar-refractivity contribution in [3.63, 3.8) is 0 Å². The second-order valence-electron chi connectivity index (χ2n) is 4.46. The standard InChI is InChI=1S/C16H19N/c1-4-13-12-15(10-11-16(13)17(2)3)14-8-6-5-7-9-14/h5-12H,4H2,1-3H3. The third-order valence-electron chi connectivity index (χ3n) is 3.05. The SMILES string of the molecule is CCc1cc(-c2ccccc2)ccc1N(C)C. The van der Waals surface area contributed by atoms with Gasteiger partial charge >= 0.3 is 0 Å². The van der Waals surface area contributed by atoms with Gasteiger partial charge in [0.05, 0.1) is 0 Å². The van der Waals surface area contributed by atoms with E-state index in [-0.39, 0.29) is 0 Å². The van der Waals surface area contributed by atoms with E-state index in [4.69, 9.17) is 0 Å². The van der Waals surface area contributed by atoms with Crippen LogP contribution in [0, 0.1) is 0 Å². The molecule has 0 N–H and O–H groups in total. The van der Waals surface area contributed by atoms with Gasteiger partial charge in [0.2, 0.25) is 0 Å². The normalized spacial score (nSPS) is 10.3. The molecule has 1 nitrogen and oxygen atoms in total. The number of hydrogen-bond acceptors (Lipinski definition) is 1. The van der Waals surface area contributed by atoms with Crippen molar-refractivity contribution >= 4 is 5.69 Å². The molecule has 1 heteroatoms. The third kappa shape index (κ3) is 2.50. The average molecular weight is 225 g/mol. The van der Waals surface area contributed by atoms with Crippen LogP contribution in [0.15, 0.2) is 48.5 Å². The van der Waals surface area contributed by atoms with Gasteiger partial charge in [-0.3, -0.25) is 0 Å².